The van der Waals surface area contributed by atoms with Gasteiger partial charge in [-0.3, -0.25) is 15.3 Å². The number of fused-ring (bicyclic) bond motifs is 1. The SMILES string of the molecule is c1cc2c(cc1C1=NNC(=NCCN3CCOCC3)SC1)CCC2. The largest absolute Gasteiger partial charge is 0.379 e. The fourth-order valence-electron chi connectivity index (χ4n) is 3.41. The number of amidine groups is 1. The average molecular weight is 344 g/mol. The van der Waals surface area contributed by atoms with Crippen molar-refractivity contribution in [1.29, 1.82) is 0 Å². The Morgan fingerprint density at radius 3 is 2.92 bits per heavy atom. The molecule has 1 N–H and O–H groups in total. The zero-order valence-corrected chi connectivity index (χ0v) is 14.8. The van der Waals surface area contributed by atoms with Crippen LogP contribution in [0.4, 0.5) is 0 Å². The van der Waals surface area contributed by atoms with Gasteiger partial charge in [0.05, 0.1) is 25.5 Å². The maximum Gasteiger partial charge on any atom is 0.177 e. The molecule has 1 saturated heterocycles. The van der Waals surface area contributed by atoms with E-state index in [-0.39, 0.29) is 0 Å². The van der Waals surface area contributed by atoms with Crippen LogP contribution in [0.25, 0.3) is 0 Å². The second kappa shape index (κ2) is 7.68. The zero-order valence-electron chi connectivity index (χ0n) is 14.0. The molecule has 0 bridgehead atoms. The van der Waals surface area contributed by atoms with Gasteiger partial charge in [-0.25, -0.2) is 0 Å². The number of hydrazone groups is 1. The van der Waals surface area contributed by atoms with Crippen molar-refractivity contribution in [1.82, 2.24) is 10.3 Å². The third kappa shape index (κ3) is 3.82. The molecule has 1 aromatic rings. The third-order valence-electron chi connectivity index (χ3n) is 4.84. The van der Waals surface area contributed by atoms with Gasteiger partial charge in [-0.15, -0.1) is 0 Å². The fraction of sp³-hybridized carbons (Fsp3) is 0.556. The van der Waals surface area contributed by atoms with Crippen LogP contribution in [-0.2, 0) is 17.6 Å². The molecule has 0 amide bonds. The number of thioether (sulfide) groups is 1. The van der Waals surface area contributed by atoms with Crippen LogP contribution in [-0.4, -0.2) is 60.9 Å². The zero-order chi connectivity index (χ0) is 16.2. The summed E-state index contributed by atoms with van der Waals surface area (Å²) in [5.41, 5.74) is 8.53. The number of nitrogens with one attached hydrogen (secondary N) is 1. The van der Waals surface area contributed by atoms with Crippen LogP contribution in [0, 0.1) is 0 Å². The summed E-state index contributed by atoms with van der Waals surface area (Å²) in [5, 5.41) is 5.49. The molecule has 0 radical (unpaired) electrons. The molecule has 6 heteroatoms. The second-order valence-electron chi connectivity index (χ2n) is 6.44. The summed E-state index contributed by atoms with van der Waals surface area (Å²) >= 11 is 1.75. The Bertz CT molecular complexity index is 652. The Labute approximate surface area is 147 Å². The molecule has 1 aliphatic carbocycles. The maximum absolute atomic E-state index is 5.37. The minimum absolute atomic E-state index is 0.818. The average Bonchev–Trinajstić information content (AvgIpc) is 3.11. The van der Waals surface area contributed by atoms with E-state index in [9.17, 15) is 0 Å². The number of benzene rings is 1. The molecule has 0 spiro atoms. The first kappa shape index (κ1) is 16.1. The summed E-state index contributed by atoms with van der Waals surface area (Å²) in [4.78, 5) is 7.05. The maximum atomic E-state index is 5.37. The smallest absolute Gasteiger partial charge is 0.177 e. The van der Waals surface area contributed by atoms with Crippen LogP contribution in [0.1, 0.15) is 23.1 Å². The molecular weight excluding hydrogens is 320 g/mol. The number of hydrogen-bond donors (Lipinski definition) is 1. The predicted octanol–water partition coefficient (Wildman–Crippen LogP) is 1.90. The first-order chi connectivity index (χ1) is 11.9. The molecule has 1 fully saturated rings. The van der Waals surface area contributed by atoms with Gasteiger partial charge in [-0.05, 0) is 42.0 Å². The lowest BCUT2D eigenvalue weighted by molar-refractivity contribution is 0.0394. The van der Waals surface area contributed by atoms with E-state index < -0.39 is 0 Å². The van der Waals surface area contributed by atoms with Gasteiger partial charge in [-0.1, -0.05) is 23.9 Å². The molecule has 3 aliphatic rings. The monoisotopic (exact) mass is 344 g/mol. The van der Waals surface area contributed by atoms with E-state index in [1.807, 2.05) is 0 Å². The molecule has 0 aromatic heterocycles. The summed E-state index contributed by atoms with van der Waals surface area (Å²) in [5.74, 6) is 0.891. The molecule has 128 valence electrons. The van der Waals surface area contributed by atoms with Gasteiger partial charge >= 0.3 is 0 Å². The molecule has 0 atom stereocenters. The number of ether oxygens (including phenoxy) is 1. The van der Waals surface area contributed by atoms with E-state index in [4.69, 9.17) is 4.74 Å². The molecule has 24 heavy (non-hydrogen) atoms. The number of rotatable bonds is 4. The van der Waals surface area contributed by atoms with Crippen LogP contribution in [0.3, 0.4) is 0 Å². The Kier molecular flexibility index (Phi) is 5.16. The summed E-state index contributed by atoms with van der Waals surface area (Å²) < 4.78 is 5.37. The number of hydrogen-bond acceptors (Lipinski definition) is 5. The van der Waals surface area contributed by atoms with E-state index in [0.717, 1.165) is 56.0 Å². The second-order valence-corrected chi connectivity index (χ2v) is 7.40. The van der Waals surface area contributed by atoms with E-state index in [2.05, 4.69) is 38.6 Å². The highest BCUT2D eigenvalue weighted by atomic mass is 32.2. The van der Waals surface area contributed by atoms with Gasteiger partial charge in [0.2, 0.25) is 0 Å². The van der Waals surface area contributed by atoms with E-state index >= 15 is 0 Å². The Balaban J connectivity index is 1.32. The summed E-state index contributed by atoms with van der Waals surface area (Å²) in [7, 11) is 0. The van der Waals surface area contributed by atoms with Crippen LogP contribution < -0.4 is 5.43 Å². The minimum atomic E-state index is 0.818. The Morgan fingerprint density at radius 2 is 2.08 bits per heavy atom. The normalized spacial score (nSPS) is 23.0. The van der Waals surface area contributed by atoms with Crippen molar-refractivity contribution in [2.45, 2.75) is 19.3 Å². The lowest BCUT2D eigenvalue weighted by atomic mass is 10.0. The van der Waals surface area contributed by atoms with E-state index in [0.29, 0.717) is 0 Å². The van der Waals surface area contributed by atoms with Crippen molar-refractivity contribution in [3.8, 4) is 0 Å². The van der Waals surface area contributed by atoms with Gasteiger partial charge in [0.25, 0.3) is 0 Å². The number of aryl methyl sites for hydroxylation is 2. The number of aliphatic imine (C=N–C) groups is 1. The third-order valence-corrected chi connectivity index (χ3v) is 5.75. The van der Waals surface area contributed by atoms with Crippen molar-refractivity contribution >= 4 is 22.6 Å². The quantitative estimate of drug-likeness (QED) is 0.906. The molecule has 0 saturated carbocycles. The van der Waals surface area contributed by atoms with Gasteiger partial charge in [-0.2, -0.15) is 5.10 Å². The Morgan fingerprint density at radius 1 is 1.21 bits per heavy atom. The highest BCUT2D eigenvalue weighted by Crippen LogP contribution is 2.24. The summed E-state index contributed by atoms with van der Waals surface area (Å²) in [6.45, 7) is 5.55. The van der Waals surface area contributed by atoms with E-state index in [1.165, 1.54) is 36.0 Å². The summed E-state index contributed by atoms with van der Waals surface area (Å²) in [6, 6.07) is 6.81. The Hall–Kier alpha value is -1.37. The van der Waals surface area contributed by atoms with Crippen LogP contribution in [0.2, 0.25) is 0 Å². The van der Waals surface area contributed by atoms with Gasteiger partial charge in [0, 0.05) is 25.4 Å². The molecule has 4 rings (SSSR count). The van der Waals surface area contributed by atoms with Crippen molar-refractivity contribution in [3.05, 3.63) is 34.9 Å². The lowest BCUT2D eigenvalue weighted by Gasteiger charge is -2.25. The van der Waals surface area contributed by atoms with Crippen molar-refractivity contribution < 1.29 is 4.74 Å². The molecule has 1 aromatic carbocycles. The predicted molar refractivity (Wildman–Crippen MR) is 100 cm³/mol. The van der Waals surface area contributed by atoms with Crippen LogP contribution in [0.15, 0.2) is 28.3 Å². The number of morpholine rings is 1. The van der Waals surface area contributed by atoms with Crippen molar-refractivity contribution in [2.75, 3.05) is 45.1 Å². The minimum Gasteiger partial charge on any atom is -0.379 e. The van der Waals surface area contributed by atoms with Crippen molar-refractivity contribution in [3.63, 3.8) is 0 Å². The van der Waals surface area contributed by atoms with Crippen LogP contribution >= 0.6 is 11.8 Å². The first-order valence-electron chi connectivity index (χ1n) is 8.80. The van der Waals surface area contributed by atoms with Gasteiger partial charge < -0.3 is 4.74 Å². The molecule has 5 nitrogen and oxygen atoms in total. The van der Waals surface area contributed by atoms with E-state index in [1.54, 1.807) is 11.8 Å². The summed E-state index contributed by atoms with van der Waals surface area (Å²) in [6.07, 6.45) is 3.73. The first-order valence-corrected chi connectivity index (χ1v) is 9.79. The van der Waals surface area contributed by atoms with Gasteiger partial charge in [0.1, 0.15) is 0 Å². The molecular formula is C18H24N4OS. The topological polar surface area (TPSA) is 49.2 Å². The number of nitrogens with zero attached hydrogens (tertiary/aromatic N) is 3. The van der Waals surface area contributed by atoms with Crippen LogP contribution in [0.5, 0.6) is 0 Å². The lowest BCUT2D eigenvalue weighted by Crippen LogP contribution is -2.38. The highest BCUT2D eigenvalue weighted by molar-refractivity contribution is 8.14. The molecule has 0 unspecified atom stereocenters. The highest BCUT2D eigenvalue weighted by Gasteiger charge is 2.16. The molecule has 2 heterocycles. The standard InChI is InChI=1S/C18H24N4OS/c1-2-14-4-5-16(12-15(14)3-1)17-13-24-18(21-20-17)19-6-7-22-8-10-23-11-9-22/h4-5,12H,1-3,6-11,13H2,(H,19,21). The van der Waals surface area contributed by atoms with Crippen molar-refractivity contribution in [2.24, 2.45) is 10.1 Å². The fourth-order valence-corrected chi connectivity index (χ4v) is 4.21. The van der Waals surface area contributed by atoms with Gasteiger partial charge in [0.15, 0.2) is 5.17 Å². The molecule has 2 aliphatic heterocycles.